The van der Waals surface area contributed by atoms with Gasteiger partial charge in [0.15, 0.2) is 0 Å². The maximum Gasteiger partial charge on any atom is 0.246 e. The van der Waals surface area contributed by atoms with Crippen LogP contribution in [-0.2, 0) is 17.9 Å². The molecule has 0 unspecified atom stereocenters. The van der Waals surface area contributed by atoms with Gasteiger partial charge < -0.3 is 4.90 Å². The van der Waals surface area contributed by atoms with E-state index in [1.165, 1.54) is 4.90 Å². The number of hydrogen-bond acceptors (Lipinski definition) is 3. The maximum absolute atomic E-state index is 12.4. The van der Waals surface area contributed by atoms with Crippen LogP contribution in [0.2, 0.25) is 5.15 Å². The summed E-state index contributed by atoms with van der Waals surface area (Å²) in [5.74, 6) is -0.0595. The zero-order chi connectivity index (χ0) is 19.1. The van der Waals surface area contributed by atoms with Gasteiger partial charge in [-0.1, -0.05) is 37.1 Å². The van der Waals surface area contributed by atoms with Crippen molar-refractivity contribution in [3.8, 4) is 0 Å². The molecule has 0 N–H and O–H groups in total. The zero-order valence-electron chi connectivity index (χ0n) is 15.8. The predicted molar refractivity (Wildman–Crippen MR) is 111 cm³/mol. The molecule has 0 radical (unpaired) electrons. The van der Waals surface area contributed by atoms with Crippen molar-refractivity contribution in [3.63, 3.8) is 0 Å². The van der Waals surface area contributed by atoms with Gasteiger partial charge in [-0.2, -0.15) is 5.10 Å². The Kier molecular flexibility index (Phi) is 7.79. The largest absolute Gasteiger partial charge is 0.338 e. The number of thioether (sulfide) groups is 1. The van der Waals surface area contributed by atoms with Crippen molar-refractivity contribution in [2.75, 3.05) is 13.3 Å². The van der Waals surface area contributed by atoms with Crippen molar-refractivity contribution in [1.29, 1.82) is 0 Å². The zero-order valence-corrected chi connectivity index (χ0v) is 17.4. The molecule has 0 aliphatic heterocycles. The summed E-state index contributed by atoms with van der Waals surface area (Å²) < 4.78 is 1.81. The van der Waals surface area contributed by atoms with Crippen LogP contribution in [0.4, 0.5) is 0 Å². The number of carbonyl (C=O) groups is 1. The van der Waals surface area contributed by atoms with E-state index in [0.29, 0.717) is 11.7 Å². The Bertz CT molecular complexity index is 768. The van der Waals surface area contributed by atoms with E-state index in [1.54, 1.807) is 35.9 Å². The van der Waals surface area contributed by atoms with Gasteiger partial charge in [0.1, 0.15) is 5.15 Å². The SMILES string of the molecule is CCCCn1nc(C)c(/C=C/C(=O)N(C)Cc2ccc(SC)cc2)c1Cl. The van der Waals surface area contributed by atoms with E-state index < -0.39 is 0 Å². The quantitative estimate of drug-likeness (QED) is 0.467. The first-order valence-electron chi connectivity index (χ1n) is 8.75. The van der Waals surface area contributed by atoms with Crippen molar-refractivity contribution in [3.05, 3.63) is 52.3 Å². The van der Waals surface area contributed by atoms with Crippen LogP contribution in [0.1, 0.15) is 36.6 Å². The van der Waals surface area contributed by atoms with Crippen LogP contribution in [0.15, 0.2) is 35.2 Å². The van der Waals surface area contributed by atoms with Crippen LogP contribution in [0, 0.1) is 6.92 Å². The standard InChI is InChI=1S/C20H26ClN3OS/c1-5-6-13-24-20(21)18(15(2)22-24)11-12-19(25)23(3)14-16-7-9-17(26-4)10-8-16/h7-12H,5-6,13-14H2,1-4H3/b12-11+. The van der Waals surface area contributed by atoms with E-state index in [9.17, 15) is 4.79 Å². The summed E-state index contributed by atoms with van der Waals surface area (Å²) in [5.41, 5.74) is 2.76. The number of unbranched alkanes of at least 4 members (excludes halogenated alkanes) is 1. The molecule has 140 valence electrons. The smallest absolute Gasteiger partial charge is 0.246 e. The number of hydrogen-bond donors (Lipinski definition) is 0. The predicted octanol–water partition coefficient (Wildman–Crippen LogP) is 5.04. The number of amides is 1. The molecule has 0 saturated heterocycles. The first-order chi connectivity index (χ1) is 12.5. The van der Waals surface area contributed by atoms with Gasteiger partial charge in [-0.3, -0.25) is 9.48 Å². The maximum atomic E-state index is 12.4. The minimum absolute atomic E-state index is 0.0595. The van der Waals surface area contributed by atoms with E-state index in [1.807, 2.05) is 17.9 Å². The highest BCUT2D eigenvalue weighted by molar-refractivity contribution is 7.98. The van der Waals surface area contributed by atoms with Crippen LogP contribution >= 0.6 is 23.4 Å². The number of halogens is 1. The summed E-state index contributed by atoms with van der Waals surface area (Å²) in [7, 11) is 1.80. The number of carbonyl (C=O) groups excluding carboxylic acids is 1. The normalized spacial score (nSPS) is 11.3. The number of aromatic nitrogens is 2. The third kappa shape index (κ3) is 5.39. The summed E-state index contributed by atoms with van der Waals surface area (Å²) in [6, 6.07) is 8.25. The second kappa shape index (κ2) is 9.83. The van der Waals surface area contributed by atoms with Gasteiger partial charge in [0.2, 0.25) is 5.91 Å². The average molecular weight is 392 g/mol. The Labute approximate surface area is 165 Å². The lowest BCUT2D eigenvalue weighted by Gasteiger charge is -2.15. The molecule has 6 heteroatoms. The number of likely N-dealkylation sites (N-methyl/N-ethyl adjacent to an activating group) is 1. The summed E-state index contributed by atoms with van der Waals surface area (Å²) in [4.78, 5) is 15.3. The van der Waals surface area contributed by atoms with Gasteiger partial charge in [0.25, 0.3) is 0 Å². The van der Waals surface area contributed by atoms with Crippen LogP contribution in [0.3, 0.4) is 0 Å². The van der Waals surface area contributed by atoms with Crippen LogP contribution in [0.25, 0.3) is 6.08 Å². The fraction of sp³-hybridized carbons (Fsp3) is 0.400. The molecule has 1 aromatic carbocycles. The third-order valence-electron chi connectivity index (χ3n) is 4.18. The Morgan fingerprint density at radius 1 is 1.35 bits per heavy atom. The Morgan fingerprint density at radius 2 is 2.04 bits per heavy atom. The summed E-state index contributed by atoms with van der Waals surface area (Å²) in [5, 5.41) is 5.05. The molecule has 1 aromatic heterocycles. The first-order valence-corrected chi connectivity index (χ1v) is 10.4. The van der Waals surface area contributed by atoms with Crippen molar-refractivity contribution in [1.82, 2.24) is 14.7 Å². The Balaban J connectivity index is 2.02. The molecule has 0 saturated carbocycles. The van der Waals surface area contributed by atoms with Gasteiger partial charge in [0, 0.05) is 36.7 Å². The number of benzene rings is 1. The topological polar surface area (TPSA) is 38.1 Å². The van der Waals surface area contributed by atoms with E-state index in [-0.39, 0.29) is 5.91 Å². The van der Waals surface area contributed by atoms with Crippen LogP contribution in [-0.4, -0.2) is 33.9 Å². The monoisotopic (exact) mass is 391 g/mol. The minimum atomic E-state index is -0.0595. The summed E-state index contributed by atoms with van der Waals surface area (Å²) in [6.45, 7) is 5.41. The molecular formula is C20H26ClN3OS. The van der Waals surface area contributed by atoms with Gasteiger partial charge in [-0.15, -0.1) is 11.8 Å². The molecule has 0 atom stereocenters. The molecule has 0 fully saturated rings. The molecule has 0 aliphatic carbocycles. The molecule has 4 nitrogen and oxygen atoms in total. The fourth-order valence-electron chi connectivity index (χ4n) is 2.58. The van der Waals surface area contributed by atoms with E-state index in [4.69, 9.17) is 11.6 Å². The molecule has 0 aliphatic rings. The highest BCUT2D eigenvalue weighted by atomic mass is 35.5. The van der Waals surface area contributed by atoms with Gasteiger partial charge >= 0.3 is 0 Å². The molecule has 2 aromatic rings. The molecule has 2 rings (SSSR count). The van der Waals surface area contributed by atoms with Gasteiger partial charge in [-0.25, -0.2) is 0 Å². The minimum Gasteiger partial charge on any atom is -0.338 e. The fourth-order valence-corrected chi connectivity index (χ4v) is 3.31. The molecule has 0 spiro atoms. The summed E-state index contributed by atoms with van der Waals surface area (Å²) >= 11 is 8.11. The van der Waals surface area contributed by atoms with Crippen molar-refractivity contribution < 1.29 is 4.79 Å². The van der Waals surface area contributed by atoms with Crippen molar-refractivity contribution >= 4 is 35.3 Å². The molecular weight excluding hydrogens is 366 g/mol. The highest BCUT2D eigenvalue weighted by Crippen LogP contribution is 2.22. The molecule has 1 amide bonds. The Hall–Kier alpha value is -1.72. The highest BCUT2D eigenvalue weighted by Gasteiger charge is 2.12. The summed E-state index contributed by atoms with van der Waals surface area (Å²) in [6.07, 6.45) is 7.49. The van der Waals surface area contributed by atoms with Gasteiger partial charge in [0.05, 0.1) is 5.69 Å². The first kappa shape index (κ1) is 20.6. The lowest BCUT2D eigenvalue weighted by atomic mass is 10.2. The number of aryl methyl sites for hydroxylation is 2. The van der Waals surface area contributed by atoms with E-state index in [0.717, 1.165) is 36.2 Å². The van der Waals surface area contributed by atoms with Crippen LogP contribution < -0.4 is 0 Å². The van der Waals surface area contributed by atoms with Crippen molar-refractivity contribution in [2.24, 2.45) is 0 Å². The second-order valence-electron chi connectivity index (χ2n) is 6.24. The van der Waals surface area contributed by atoms with Gasteiger partial charge in [-0.05, 0) is 43.4 Å². The number of nitrogens with zero attached hydrogens (tertiary/aromatic N) is 3. The Morgan fingerprint density at radius 3 is 2.65 bits per heavy atom. The molecule has 1 heterocycles. The molecule has 26 heavy (non-hydrogen) atoms. The second-order valence-corrected chi connectivity index (χ2v) is 7.48. The average Bonchev–Trinajstić information content (AvgIpc) is 2.91. The molecule has 0 bridgehead atoms. The lowest BCUT2D eigenvalue weighted by molar-refractivity contribution is -0.125. The number of rotatable bonds is 8. The van der Waals surface area contributed by atoms with E-state index >= 15 is 0 Å². The lowest BCUT2D eigenvalue weighted by Crippen LogP contribution is -2.24. The third-order valence-corrected chi connectivity index (χ3v) is 5.32. The van der Waals surface area contributed by atoms with Crippen molar-refractivity contribution in [2.45, 2.75) is 44.7 Å². The van der Waals surface area contributed by atoms with Crippen LogP contribution in [0.5, 0.6) is 0 Å². The van der Waals surface area contributed by atoms with E-state index in [2.05, 4.69) is 36.3 Å².